The number of ether oxygens (including phenoxy) is 1. The summed E-state index contributed by atoms with van der Waals surface area (Å²) < 4.78 is 5.36. The third-order valence-corrected chi connectivity index (χ3v) is 4.52. The van der Waals surface area contributed by atoms with Gasteiger partial charge in [-0.15, -0.1) is 0 Å². The molecule has 5 nitrogen and oxygen atoms in total. The van der Waals surface area contributed by atoms with Crippen molar-refractivity contribution in [2.45, 2.75) is 39.5 Å². The van der Waals surface area contributed by atoms with Gasteiger partial charge in [0.25, 0.3) is 0 Å². The summed E-state index contributed by atoms with van der Waals surface area (Å²) in [5.74, 6) is 0.525. The van der Waals surface area contributed by atoms with Gasteiger partial charge in [0.15, 0.2) is 5.96 Å². The molecular formula is C19H32N4O. The van der Waals surface area contributed by atoms with E-state index in [2.05, 4.69) is 47.3 Å². The second-order valence-corrected chi connectivity index (χ2v) is 6.21. The van der Waals surface area contributed by atoms with Crippen LogP contribution in [-0.2, 0) is 17.6 Å². The Kier molecular flexibility index (Phi) is 8.05. The first-order valence-electron chi connectivity index (χ1n) is 9.22. The molecule has 0 radical (unpaired) electrons. The van der Waals surface area contributed by atoms with Gasteiger partial charge in [-0.1, -0.05) is 32.0 Å². The van der Waals surface area contributed by atoms with Crippen molar-refractivity contribution in [3.8, 4) is 0 Å². The number of hydrogen-bond acceptors (Lipinski definition) is 3. The highest BCUT2D eigenvalue weighted by Gasteiger charge is 2.09. The normalized spacial score (nSPS) is 16.3. The van der Waals surface area contributed by atoms with Gasteiger partial charge in [-0.05, 0) is 43.4 Å². The molecule has 0 saturated carbocycles. The molecule has 134 valence electrons. The van der Waals surface area contributed by atoms with E-state index in [1.54, 1.807) is 0 Å². The van der Waals surface area contributed by atoms with E-state index in [1.165, 1.54) is 11.1 Å². The number of para-hydroxylation sites is 1. The zero-order chi connectivity index (χ0) is 17.2. The summed E-state index contributed by atoms with van der Waals surface area (Å²) in [6.45, 7) is 10.1. The summed E-state index contributed by atoms with van der Waals surface area (Å²) in [4.78, 5) is 6.95. The van der Waals surface area contributed by atoms with E-state index in [1.807, 2.05) is 0 Å². The lowest BCUT2D eigenvalue weighted by Gasteiger charge is -2.26. The number of nitrogens with two attached hydrogens (primary N) is 1. The zero-order valence-electron chi connectivity index (χ0n) is 15.2. The molecule has 1 aromatic carbocycles. The number of benzene rings is 1. The van der Waals surface area contributed by atoms with Gasteiger partial charge in [0, 0.05) is 25.3 Å². The van der Waals surface area contributed by atoms with Crippen LogP contribution in [0.5, 0.6) is 0 Å². The lowest BCUT2D eigenvalue weighted by molar-refractivity contribution is 0.0373. The maximum atomic E-state index is 6.09. The minimum absolute atomic E-state index is 0.525. The molecule has 3 N–H and O–H groups in total. The summed E-state index contributed by atoms with van der Waals surface area (Å²) in [5, 5.41) is 3.32. The highest BCUT2D eigenvalue weighted by Crippen LogP contribution is 2.22. The fraction of sp³-hybridized carbons (Fsp3) is 0.632. The molecule has 1 aliphatic heterocycles. The number of aliphatic imine (C=N–C) groups is 1. The van der Waals surface area contributed by atoms with E-state index in [0.29, 0.717) is 5.96 Å². The molecule has 0 unspecified atom stereocenters. The second kappa shape index (κ2) is 10.3. The van der Waals surface area contributed by atoms with Crippen molar-refractivity contribution < 1.29 is 4.74 Å². The number of nitrogens with zero attached hydrogens (tertiary/aromatic N) is 2. The molecule has 5 heteroatoms. The van der Waals surface area contributed by atoms with Gasteiger partial charge in [-0.2, -0.15) is 0 Å². The van der Waals surface area contributed by atoms with Crippen molar-refractivity contribution in [3.05, 3.63) is 29.3 Å². The van der Waals surface area contributed by atoms with E-state index in [4.69, 9.17) is 10.5 Å². The number of aryl methyl sites for hydroxylation is 2. The first-order chi connectivity index (χ1) is 11.7. The largest absolute Gasteiger partial charge is 0.379 e. The number of anilines is 1. The molecular weight excluding hydrogens is 300 g/mol. The molecule has 0 atom stereocenters. The van der Waals surface area contributed by atoms with Gasteiger partial charge < -0.3 is 15.8 Å². The number of nitrogens with one attached hydrogen (secondary N) is 1. The minimum atomic E-state index is 0.525. The predicted octanol–water partition coefficient (Wildman–Crippen LogP) is 2.65. The Hall–Kier alpha value is -1.59. The molecule has 2 rings (SSSR count). The quantitative estimate of drug-likeness (QED) is 0.436. The molecule has 1 aromatic rings. The van der Waals surface area contributed by atoms with Crippen LogP contribution in [-0.4, -0.2) is 50.3 Å². The summed E-state index contributed by atoms with van der Waals surface area (Å²) in [5.41, 5.74) is 9.81. The molecule has 1 fully saturated rings. The Morgan fingerprint density at radius 2 is 1.83 bits per heavy atom. The van der Waals surface area contributed by atoms with Gasteiger partial charge in [0.2, 0.25) is 0 Å². The van der Waals surface area contributed by atoms with Crippen molar-refractivity contribution in [1.82, 2.24) is 4.90 Å². The van der Waals surface area contributed by atoms with Gasteiger partial charge in [-0.25, -0.2) is 0 Å². The number of guanidine groups is 1. The van der Waals surface area contributed by atoms with Crippen molar-refractivity contribution in [3.63, 3.8) is 0 Å². The van der Waals surface area contributed by atoms with Crippen LogP contribution in [0.1, 0.15) is 37.8 Å². The Morgan fingerprint density at radius 3 is 2.46 bits per heavy atom. The molecule has 1 aliphatic rings. The van der Waals surface area contributed by atoms with Crippen LogP contribution in [0.25, 0.3) is 0 Å². The number of unbranched alkanes of at least 4 members (excludes halogenated alkanes) is 1. The molecule has 1 heterocycles. The van der Waals surface area contributed by atoms with Crippen LogP contribution in [0, 0.1) is 0 Å². The van der Waals surface area contributed by atoms with E-state index in [9.17, 15) is 0 Å². The van der Waals surface area contributed by atoms with E-state index in [-0.39, 0.29) is 0 Å². The van der Waals surface area contributed by atoms with Gasteiger partial charge >= 0.3 is 0 Å². The van der Waals surface area contributed by atoms with E-state index in [0.717, 1.165) is 70.8 Å². The van der Waals surface area contributed by atoms with Crippen LogP contribution < -0.4 is 11.1 Å². The topological polar surface area (TPSA) is 62.9 Å². The first kappa shape index (κ1) is 18.7. The molecule has 1 saturated heterocycles. The smallest absolute Gasteiger partial charge is 0.193 e. The molecule has 0 spiro atoms. The Labute approximate surface area is 146 Å². The number of morpholine rings is 1. The lowest BCUT2D eigenvalue weighted by Crippen LogP contribution is -2.36. The third kappa shape index (κ3) is 5.80. The maximum Gasteiger partial charge on any atom is 0.193 e. The average Bonchev–Trinajstić information content (AvgIpc) is 2.62. The van der Waals surface area contributed by atoms with Crippen LogP contribution in [0.3, 0.4) is 0 Å². The Bertz CT molecular complexity index is 502. The highest BCUT2D eigenvalue weighted by atomic mass is 16.5. The second-order valence-electron chi connectivity index (χ2n) is 6.21. The van der Waals surface area contributed by atoms with Crippen molar-refractivity contribution in [2.75, 3.05) is 44.7 Å². The molecule has 0 bridgehead atoms. The van der Waals surface area contributed by atoms with E-state index < -0.39 is 0 Å². The fourth-order valence-corrected chi connectivity index (χ4v) is 3.04. The first-order valence-corrected chi connectivity index (χ1v) is 9.22. The summed E-state index contributed by atoms with van der Waals surface area (Å²) in [6.07, 6.45) is 4.20. The molecule has 0 amide bonds. The van der Waals surface area contributed by atoms with Gasteiger partial charge in [-0.3, -0.25) is 9.89 Å². The van der Waals surface area contributed by atoms with Crippen molar-refractivity contribution in [2.24, 2.45) is 10.7 Å². The van der Waals surface area contributed by atoms with Crippen LogP contribution in [0.15, 0.2) is 23.2 Å². The van der Waals surface area contributed by atoms with Crippen LogP contribution in [0.4, 0.5) is 5.69 Å². The fourth-order valence-electron chi connectivity index (χ4n) is 3.04. The lowest BCUT2D eigenvalue weighted by atomic mass is 10.0. The van der Waals surface area contributed by atoms with Gasteiger partial charge in [0.1, 0.15) is 0 Å². The molecule has 0 aromatic heterocycles. The minimum Gasteiger partial charge on any atom is -0.379 e. The van der Waals surface area contributed by atoms with E-state index >= 15 is 0 Å². The summed E-state index contributed by atoms with van der Waals surface area (Å²) >= 11 is 0. The summed E-state index contributed by atoms with van der Waals surface area (Å²) in [6, 6.07) is 6.41. The summed E-state index contributed by atoms with van der Waals surface area (Å²) in [7, 11) is 0. The number of rotatable bonds is 8. The molecule has 24 heavy (non-hydrogen) atoms. The Morgan fingerprint density at radius 1 is 1.17 bits per heavy atom. The SMILES string of the molecule is CCc1cccc(CC)c1NC(N)=NCCCCN1CCOCC1. The number of hydrogen-bond donors (Lipinski definition) is 2. The zero-order valence-corrected chi connectivity index (χ0v) is 15.2. The van der Waals surface area contributed by atoms with Crippen LogP contribution in [0.2, 0.25) is 0 Å². The van der Waals surface area contributed by atoms with Crippen molar-refractivity contribution in [1.29, 1.82) is 0 Å². The third-order valence-electron chi connectivity index (χ3n) is 4.52. The highest BCUT2D eigenvalue weighted by molar-refractivity contribution is 5.93. The predicted molar refractivity (Wildman–Crippen MR) is 102 cm³/mol. The Balaban J connectivity index is 1.77. The van der Waals surface area contributed by atoms with Gasteiger partial charge in [0.05, 0.1) is 13.2 Å². The van der Waals surface area contributed by atoms with Crippen LogP contribution >= 0.6 is 0 Å². The monoisotopic (exact) mass is 332 g/mol. The van der Waals surface area contributed by atoms with Crippen molar-refractivity contribution >= 4 is 11.6 Å². The standard InChI is InChI=1S/C19H32N4O/c1-3-16-8-7-9-17(4-2)18(16)22-19(20)21-10-5-6-11-23-12-14-24-15-13-23/h7-9H,3-6,10-15H2,1-2H3,(H3,20,21,22). The molecule has 0 aliphatic carbocycles. The average molecular weight is 332 g/mol. The maximum absolute atomic E-state index is 6.09.